The van der Waals surface area contributed by atoms with E-state index in [0.29, 0.717) is 16.2 Å². The van der Waals surface area contributed by atoms with Crippen LogP contribution in [0.2, 0.25) is 0 Å². The number of nitrogens with zero attached hydrogens (tertiary/aromatic N) is 2. The van der Waals surface area contributed by atoms with Crippen LogP contribution < -0.4 is 5.32 Å². The van der Waals surface area contributed by atoms with Crippen LogP contribution in [0.15, 0.2) is 9.98 Å². The van der Waals surface area contributed by atoms with Crippen molar-refractivity contribution in [1.82, 2.24) is 15.2 Å². The maximum absolute atomic E-state index is 12.1. The molecular formula is C14H22BrN3O2S. The molecule has 0 aliphatic carbocycles. The molecule has 2 atom stereocenters. The Morgan fingerprint density at radius 3 is 2.67 bits per heavy atom. The SMILES string of the molecule is C[C@@H]1CN(C(C)(C)CNC(=O)c2nc(Br)cs2)C[C@@H](C)O1. The highest BCUT2D eigenvalue weighted by Crippen LogP contribution is 2.21. The smallest absolute Gasteiger partial charge is 0.280 e. The van der Waals surface area contributed by atoms with Gasteiger partial charge in [-0.15, -0.1) is 11.3 Å². The molecule has 5 nitrogen and oxygen atoms in total. The molecule has 0 saturated carbocycles. The monoisotopic (exact) mass is 375 g/mol. The van der Waals surface area contributed by atoms with Crippen LogP contribution >= 0.6 is 27.3 Å². The molecule has 1 amide bonds. The van der Waals surface area contributed by atoms with Gasteiger partial charge in [0.2, 0.25) is 0 Å². The van der Waals surface area contributed by atoms with E-state index in [0.717, 1.165) is 13.1 Å². The Bertz CT molecular complexity index is 496. The first-order chi connectivity index (χ1) is 9.78. The number of hydrogen-bond acceptors (Lipinski definition) is 5. The second-order valence-corrected chi connectivity index (χ2v) is 7.80. The van der Waals surface area contributed by atoms with Gasteiger partial charge in [0.1, 0.15) is 4.60 Å². The Kier molecular flexibility index (Phi) is 5.40. The van der Waals surface area contributed by atoms with Crippen LogP contribution in [0.5, 0.6) is 0 Å². The Labute approximate surface area is 138 Å². The van der Waals surface area contributed by atoms with Crippen LogP contribution in [0.25, 0.3) is 0 Å². The van der Waals surface area contributed by atoms with E-state index < -0.39 is 0 Å². The molecule has 0 unspecified atom stereocenters. The van der Waals surface area contributed by atoms with Crippen molar-refractivity contribution < 1.29 is 9.53 Å². The van der Waals surface area contributed by atoms with Gasteiger partial charge in [0.25, 0.3) is 5.91 Å². The molecule has 0 bridgehead atoms. The second kappa shape index (κ2) is 6.73. The predicted molar refractivity (Wildman–Crippen MR) is 87.8 cm³/mol. The first-order valence-electron chi connectivity index (χ1n) is 7.07. The van der Waals surface area contributed by atoms with Crippen LogP contribution in [-0.4, -0.2) is 53.2 Å². The average Bonchev–Trinajstić information content (AvgIpc) is 2.82. The highest BCUT2D eigenvalue weighted by molar-refractivity contribution is 9.10. The number of nitrogens with one attached hydrogen (secondary N) is 1. The lowest BCUT2D eigenvalue weighted by molar-refractivity contribution is -0.0948. The largest absolute Gasteiger partial charge is 0.373 e. The second-order valence-electron chi connectivity index (χ2n) is 6.13. The summed E-state index contributed by atoms with van der Waals surface area (Å²) >= 11 is 4.60. The fraction of sp³-hybridized carbons (Fsp3) is 0.714. The molecule has 1 aromatic heterocycles. The minimum absolute atomic E-state index is 0.115. The highest BCUT2D eigenvalue weighted by atomic mass is 79.9. The maximum atomic E-state index is 12.1. The standard InChI is InChI=1S/C14H22BrN3O2S/c1-9-5-18(6-10(2)20-9)14(3,4)8-16-12(19)13-17-11(15)7-21-13/h7,9-10H,5-6,8H2,1-4H3,(H,16,19)/t9-,10-/m1/s1. The third-order valence-electron chi connectivity index (χ3n) is 3.63. The molecule has 2 heterocycles. The third kappa shape index (κ3) is 4.48. The number of carbonyl (C=O) groups excluding carboxylic acids is 1. The molecule has 21 heavy (non-hydrogen) atoms. The summed E-state index contributed by atoms with van der Waals surface area (Å²) in [6.45, 7) is 10.8. The third-order valence-corrected chi connectivity index (χ3v) is 5.18. The van der Waals surface area contributed by atoms with Crippen LogP contribution in [0.1, 0.15) is 37.5 Å². The number of thiazole rings is 1. The maximum Gasteiger partial charge on any atom is 0.280 e. The van der Waals surface area contributed by atoms with Crippen molar-refractivity contribution in [3.05, 3.63) is 15.0 Å². The van der Waals surface area contributed by atoms with E-state index >= 15 is 0 Å². The van der Waals surface area contributed by atoms with Crippen LogP contribution in [0, 0.1) is 0 Å². The molecule has 1 N–H and O–H groups in total. The molecule has 0 spiro atoms. The zero-order valence-electron chi connectivity index (χ0n) is 12.9. The van der Waals surface area contributed by atoms with Crippen LogP contribution in [-0.2, 0) is 4.74 Å². The molecule has 1 fully saturated rings. The Morgan fingerprint density at radius 1 is 1.52 bits per heavy atom. The van der Waals surface area contributed by atoms with Gasteiger partial charge in [-0.1, -0.05) is 0 Å². The van der Waals surface area contributed by atoms with Gasteiger partial charge in [0, 0.05) is 30.6 Å². The molecule has 1 aliphatic heterocycles. The predicted octanol–water partition coefficient (Wildman–Crippen LogP) is 2.52. The van der Waals surface area contributed by atoms with Gasteiger partial charge in [0.05, 0.1) is 12.2 Å². The molecule has 1 aliphatic rings. The van der Waals surface area contributed by atoms with E-state index in [1.54, 1.807) is 0 Å². The summed E-state index contributed by atoms with van der Waals surface area (Å²) in [5.74, 6) is -0.117. The quantitative estimate of drug-likeness (QED) is 0.878. The van der Waals surface area contributed by atoms with Gasteiger partial charge in [-0.2, -0.15) is 0 Å². The molecule has 1 saturated heterocycles. The Morgan fingerprint density at radius 2 is 2.14 bits per heavy atom. The van der Waals surface area contributed by atoms with Crippen LogP contribution in [0.4, 0.5) is 0 Å². The molecule has 0 radical (unpaired) electrons. The lowest BCUT2D eigenvalue weighted by Crippen LogP contribution is -2.58. The van der Waals surface area contributed by atoms with E-state index in [9.17, 15) is 4.79 Å². The van der Waals surface area contributed by atoms with Gasteiger partial charge in [0.15, 0.2) is 5.01 Å². The van der Waals surface area contributed by atoms with Gasteiger partial charge < -0.3 is 10.1 Å². The first kappa shape index (κ1) is 16.9. The summed E-state index contributed by atoms with van der Waals surface area (Å²) < 4.78 is 6.47. The minimum Gasteiger partial charge on any atom is -0.373 e. The zero-order chi connectivity index (χ0) is 15.6. The van der Waals surface area contributed by atoms with E-state index in [-0.39, 0.29) is 23.7 Å². The van der Waals surface area contributed by atoms with Crippen molar-refractivity contribution in [2.24, 2.45) is 0 Å². The molecule has 7 heteroatoms. The van der Waals surface area contributed by atoms with Crippen molar-refractivity contribution in [3.63, 3.8) is 0 Å². The summed E-state index contributed by atoms with van der Waals surface area (Å²) in [5, 5.41) is 5.28. The summed E-state index contributed by atoms with van der Waals surface area (Å²) in [6, 6.07) is 0. The van der Waals surface area contributed by atoms with Gasteiger partial charge >= 0.3 is 0 Å². The van der Waals surface area contributed by atoms with E-state index in [2.05, 4.69) is 58.8 Å². The van der Waals surface area contributed by atoms with Crippen molar-refractivity contribution in [2.45, 2.75) is 45.4 Å². The van der Waals surface area contributed by atoms with Gasteiger partial charge in [-0.05, 0) is 43.6 Å². The number of rotatable bonds is 4. The fourth-order valence-electron chi connectivity index (χ4n) is 2.51. The van der Waals surface area contributed by atoms with Crippen molar-refractivity contribution in [3.8, 4) is 0 Å². The summed E-state index contributed by atoms with van der Waals surface area (Å²) in [7, 11) is 0. The molecular weight excluding hydrogens is 354 g/mol. The first-order valence-corrected chi connectivity index (χ1v) is 8.75. The molecule has 0 aromatic carbocycles. The number of ether oxygens (including phenoxy) is 1. The minimum atomic E-state index is -0.117. The number of aromatic nitrogens is 1. The highest BCUT2D eigenvalue weighted by Gasteiger charge is 2.33. The molecule has 118 valence electrons. The van der Waals surface area contributed by atoms with E-state index in [1.165, 1.54) is 11.3 Å². The van der Waals surface area contributed by atoms with E-state index in [4.69, 9.17) is 4.74 Å². The van der Waals surface area contributed by atoms with Crippen LogP contribution in [0.3, 0.4) is 0 Å². The molecule has 1 aromatic rings. The zero-order valence-corrected chi connectivity index (χ0v) is 15.3. The number of amides is 1. The lowest BCUT2D eigenvalue weighted by atomic mass is 10.00. The Balaban J connectivity index is 1.92. The number of halogens is 1. The summed E-state index contributed by atoms with van der Waals surface area (Å²) in [5.41, 5.74) is -0.115. The topological polar surface area (TPSA) is 54.5 Å². The van der Waals surface area contributed by atoms with E-state index in [1.807, 2.05) is 5.38 Å². The van der Waals surface area contributed by atoms with Gasteiger partial charge in [-0.25, -0.2) is 4.98 Å². The number of hydrogen-bond donors (Lipinski definition) is 1. The number of carbonyl (C=O) groups is 1. The number of morpholine rings is 1. The normalized spacial score (nSPS) is 24.0. The lowest BCUT2D eigenvalue weighted by Gasteiger charge is -2.45. The summed E-state index contributed by atoms with van der Waals surface area (Å²) in [6.07, 6.45) is 0.442. The fourth-order valence-corrected chi connectivity index (χ4v) is 3.68. The molecule has 2 rings (SSSR count). The van der Waals surface area contributed by atoms with Crippen molar-refractivity contribution in [2.75, 3.05) is 19.6 Å². The summed E-state index contributed by atoms with van der Waals surface area (Å²) in [4.78, 5) is 18.6. The average molecular weight is 376 g/mol. The Hall–Kier alpha value is -0.500. The van der Waals surface area contributed by atoms with Gasteiger partial charge in [-0.3, -0.25) is 9.69 Å². The van der Waals surface area contributed by atoms with Crippen molar-refractivity contribution >= 4 is 33.2 Å². The van der Waals surface area contributed by atoms with Crippen molar-refractivity contribution in [1.29, 1.82) is 0 Å².